The van der Waals surface area contributed by atoms with Crippen LogP contribution in [0.3, 0.4) is 0 Å². The number of hydrogen-bond donors (Lipinski definition) is 1. The van der Waals surface area contributed by atoms with Crippen LogP contribution in [0.4, 0.5) is 14.5 Å². The van der Waals surface area contributed by atoms with Crippen LogP contribution in [0.1, 0.15) is 27.5 Å². The van der Waals surface area contributed by atoms with Crippen LogP contribution in [-0.2, 0) is 16.1 Å². The first kappa shape index (κ1) is 27.2. The zero-order valence-corrected chi connectivity index (χ0v) is 21.6. The maximum atomic E-state index is 15.2. The number of nitrogens with zero attached hydrogens (tertiary/aromatic N) is 3. The molecule has 4 rings (SSSR count). The van der Waals surface area contributed by atoms with Crippen molar-refractivity contribution in [3.8, 4) is 5.75 Å². The number of ether oxygens (including phenoxy) is 2. The lowest BCUT2D eigenvalue weighted by atomic mass is 9.92. The van der Waals surface area contributed by atoms with Crippen LogP contribution in [0.5, 0.6) is 5.75 Å². The average Bonchev–Trinajstić information content (AvgIpc) is 3.18. The largest absolute Gasteiger partial charge is 0.497 e. The van der Waals surface area contributed by atoms with E-state index in [-0.39, 0.29) is 42.4 Å². The van der Waals surface area contributed by atoms with E-state index in [1.807, 2.05) is 0 Å². The molecule has 2 atom stereocenters. The fraction of sp³-hybridized carbons (Fsp3) is 0.308. The molecule has 0 aliphatic carbocycles. The fourth-order valence-corrected chi connectivity index (χ4v) is 4.56. The molecule has 1 aliphatic heterocycles. The summed E-state index contributed by atoms with van der Waals surface area (Å²) in [6, 6.07) is 6.52. The number of hydrogen-bond acceptors (Lipinski definition) is 6. The third-order valence-electron chi connectivity index (χ3n) is 6.37. The number of nitrogens with one attached hydrogen (secondary N) is 1. The van der Waals surface area contributed by atoms with Crippen molar-refractivity contribution >= 4 is 29.1 Å². The summed E-state index contributed by atoms with van der Waals surface area (Å²) in [5.74, 6) is -4.48. The van der Waals surface area contributed by atoms with Gasteiger partial charge in [-0.2, -0.15) is 0 Å². The molecule has 2 amide bonds. The summed E-state index contributed by atoms with van der Waals surface area (Å²) in [6.45, 7) is 1.67. The molecule has 1 aromatic heterocycles. The van der Waals surface area contributed by atoms with Gasteiger partial charge in [-0.05, 0) is 31.2 Å². The van der Waals surface area contributed by atoms with Gasteiger partial charge in [0.2, 0.25) is 0 Å². The second-order valence-corrected chi connectivity index (χ2v) is 9.12. The monoisotopic (exact) mass is 546 g/mol. The number of amides is 2. The summed E-state index contributed by atoms with van der Waals surface area (Å²) < 4.78 is 41.6. The Labute approximate surface area is 221 Å². The normalized spacial score (nSPS) is 17.1. The highest BCUT2D eigenvalue weighted by Crippen LogP contribution is 2.36. The predicted octanol–water partition coefficient (Wildman–Crippen LogP) is 3.07. The number of aryl methyl sites for hydroxylation is 1. The van der Waals surface area contributed by atoms with Gasteiger partial charge in [0.15, 0.2) is 0 Å². The average molecular weight is 547 g/mol. The van der Waals surface area contributed by atoms with Crippen molar-refractivity contribution in [1.82, 2.24) is 14.9 Å². The Morgan fingerprint density at radius 2 is 1.82 bits per heavy atom. The van der Waals surface area contributed by atoms with Gasteiger partial charge in [-0.25, -0.2) is 13.8 Å². The number of anilines is 1. The minimum Gasteiger partial charge on any atom is -0.497 e. The lowest BCUT2D eigenvalue weighted by Crippen LogP contribution is -2.45. The van der Waals surface area contributed by atoms with E-state index in [0.717, 1.165) is 17.0 Å². The van der Waals surface area contributed by atoms with Gasteiger partial charge >= 0.3 is 0 Å². The van der Waals surface area contributed by atoms with E-state index >= 15 is 8.78 Å². The van der Waals surface area contributed by atoms with Gasteiger partial charge in [0.05, 0.1) is 32.3 Å². The molecule has 9 nitrogen and oxygen atoms in total. The van der Waals surface area contributed by atoms with Crippen molar-refractivity contribution in [2.75, 3.05) is 32.3 Å². The third kappa shape index (κ3) is 5.25. The maximum Gasteiger partial charge on any atom is 0.277 e. The van der Waals surface area contributed by atoms with E-state index in [1.54, 1.807) is 6.92 Å². The first-order valence-corrected chi connectivity index (χ1v) is 12.0. The molecule has 1 unspecified atom stereocenters. The van der Waals surface area contributed by atoms with Crippen molar-refractivity contribution in [3.05, 3.63) is 86.6 Å². The number of benzene rings is 2. The first-order chi connectivity index (χ1) is 18.2. The molecular weight excluding hydrogens is 522 g/mol. The van der Waals surface area contributed by atoms with Gasteiger partial charge in [-0.1, -0.05) is 11.6 Å². The van der Waals surface area contributed by atoms with E-state index < -0.39 is 46.5 Å². The minimum atomic E-state index is -1.39. The smallest absolute Gasteiger partial charge is 0.277 e. The zero-order valence-electron chi connectivity index (χ0n) is 20.8. The number of aromatic nitrogens is 2. The molecule has 0 spiro atoms. The molecule has 0 bridgehead atoms. The predicted molar refractivity (Wildman–Crippen MR) is 136 cm³/mol. The second-order valence-electron chi connectivity index (χ2n) is 8.69. The van der Waals surface area contributed by atoms with Gasteiger partial charge in [0.25, 0.3) is 17.4 Å². The Balaban J connectivity index is 1.79. The van der Waals surface area contributed by atoms with Gasteiger partial charge in [0, 0.05) is 47.9 Å². The number of rotatable bonds is 8. The zero-order chi connectivity index (χ0) is 27.6. The third-order valence-corrected chi connectivity index (χ3v) is 6.62. The summed E-state index contributed by atoms with van der Waals surface area (Å²) in [7, 11) is 2.75. The van der Waals surface area contributed by atoms with Crippen LogP contribution < -0.4 is 20.5 Å². The Morgan fingerprint density at radius 3 is 2.42 bits per heavy atom. The molecule has 3 aromatic rings. The lowest BCUT2D eigenvalue weighted by Gasteiger charge is -2.20. The highest BCUT2D eigenvalue weighted by Gasteiger charge is 2.46. The molecule has 38 heavy (non-hydrogen) atoms. The topological polar surface area (TPSA) is 103 Å². The quantitative estimate of drug-likeness (QED) is 0.466. The molecule has 1 fully saturated rings. The highest BCUT2D eigenvalue weighted by molar-refractivity contribution is 6.30. The van der Waals surface area contributed by atoms with E-state index in [0.29, 0.717) is 5.02 Å². The SMILES string of the molecule is COCCn1cnc(C)c(N2C[C@@H](c3c(F)cc(OC)cc3F)C(NC(=O)c3ccc(Cl)cc3)C2=O)c1=O. The minimum absolute atomic E-state index is 0.0452. The van der Waals surface area contributed by atoms with Crippen LogP contribution in [0.2, 0.25) is 5.02 Å². The first-order valence-electron chi connectivity index (χ1n) is 11.6. The maximum absolute atomic E-state index is 15.2. The van der Waals surface area contributed by atoms with Gasteiger partial charge < -0.3 is 19.7 Å². The number of methoxy groups -OCH3 is 2. The fourth-order valence-electron chi connectivity index (χ4n) is 4.43. The van der Waals surface area contributed by atoms with Crippen molar-refractivity contribution in [3.63, 3.8) is 0 Å². The Morgan fingerprint density at radius 1 is 1.16 bits per heavy atom. The molecule has 1 saturated heterocycles. The second kappa shape index (κ2) is 11.3. The molecule has 12 heteroatoms. The van der Waals surface area contributed by atoms with Crippen LogP contribution in [0.25, 0.3) is 0 Å². The molecule has 1 aliphatic rings. The molecule has 1 N–H and O–H groups in total. The van der Waals surface area contributed by atoms with Gasteiger partial charge in [0.1, 0.15) is 29.1 Å². The summed E-state index contributed by atoms with van der Waals surface area (Å²) in [4.78, 5) is 45.4. The van der Waals surface area contributed by atoms with E-state index in [1.165, 1.54) is 49.4 Å². The molecular formula is C26H25ClF2N4O5. The van der Waals surface area contributed by atoms with Crippen LogP contribution in [0.15, 0.2) is 47.5 Å². The number of carbonyl (C=O) groups excluding carboxylic acids is 2. The summed E-state index contributed by atoms with van der Waals surface area (Å²) >= 11 is 5.90. The summed E-state index contributed by atoms with van der Waals surface area (Å²) in [5.41, 5.74) is -0.548. The van der Waals surface area contributed by atoms with Crippen LogP contribution in [-0.4, -0.2) is 54.8 Å². The summed E-state index contributed by atoms with van der Waals surface area (Å²) in [5, 5.41) is 3.00. The Kier molecular flexibility index (Phi) is 8.08. The number of halogens is 3. The van der Waals surface area contributed by atoms with Crippen molar-refractivity contribution < 1.29 is 27.8 Å². The molecule has 2 heterocycles. The Hall–Kier alpha value is -3.83. The van der Waals surface area contributed by atoms with Crippen molar-refractivity contribution in [1.29, 1.82) is 0 Å². The standard InChI is InChI=1S/C26H25ClF2N4O5/c1-14-23(26(36)32(13-30-14)8-9-37-2)33-12-18(21-19(28)10-17(38-3)11-20(21)29)22(25(33)35)31-24(34)15-4-6-16(27)7-5-15/h4-7,10-11,13,18,22H,8-9,12H2,1-3H3,(H,31,34)/t18-,22?/m0/s1. The summed E-state index contributed by atoms with van der Waals surface area (Å²) in [6.07, 6.45) is 1.33. The Bertz CT molecular complexity index is 1410. The van der Waals surface area contributed by atoms with E-state index in [4.69, 9.17) is 21.1 Å². The highest BCUT2D eigenvalue weighted by atomic mass is 35.5. The van der Waals surface area contributed by atoms with Crippen molar-refractivity contribution in [2.45, 2.75) is 25.4 Å². The van der Waals surface area contributed by atoms with E-state index in [2.05, 4.69) is 10.3 Å². The molecule has 2 aromatic carbocycles. The number of carbonyl (C=O) groups is 2. The molecule has 200 valence electrons. The lowest BCUT2D eigenvalue weighted by molar-refractivity contribution is -0.118. The van der Waals surface area contributed by atoms with Gasteiger partial charge in [-0.15, -0.1) is 0 Å². The van der Waals surface area contributed by atoms with E-state index in [9.17, 15) is 14.4 Å². The van der Waals surface area contributed by atoms with Gasteiger partial charge in [-0.3, -0.25) is 19.0 Å². The van der Waals surface area contributed by atoms with Crippen LogP contribution >= 0.6 is 11.6 Å². The molecule has 0 radical (unpaired) electrons. The van der Waals surface area contributed by atoms with Crippen LogP contribution in [0, 0.1) is 18.6 Å². The van der Waals surface area contributed by atoms with Crippen molar-refractivity contribution in [2.24, 2.45) is 0 Å². The molecule has 0 saturated carbocycles.